The van der Waals surface area contributed by atoms with Gasteiger partial charge in [-0.05, 0) is 30.4 Å². The van der Waals surface area contributed by atoms with Gasteiger partial charge in [0.1, 0.15) is 0 Å². The standard InChI is InChI=1S/C15H18BrClO3/c16-15(10-2-6-18-7-3-10)11-8-13-14(9-12(11)17)20-5-1-4-19-13/h8-10,15H,1-7H2. The molecule has 2 aliphatic rings. The number of ether oxygens (including phenoxy) is 3. The lowest BCUT2D eigenvalue weighted by molar-refractivity contribution is 0.0662. The van der Waals surface area contributed by atoms with Gasteiger partial charge in [-0.15, -0.1) is 0 Å². The van der Waals surface area contributed by atoms with E-state index < -0.39 is 0 Å². The van der Waals surface area contributed by atoms with Crippen molar-refractivity contribution < 1.29 is 14.2 Å². The van der Waals surface area contributed by atoms with E-state index in [4.69, 9.17) is 25.8 Å². The molecule has 0 aliphatic carbocycles. The SMILES string of the molecule is Clc1cc2c(cc1C(Br)C1CCOCC1)OCCCO2. The Morgan fingerprint density at radius 1 is 1.05 bits per heavy atom. The monoisotopic (exact) mass is 360 g/mol. The molecule has 1 atom stereocenters. The van der Waals surface area contributed by atoms with Crippen molar-refractivity contribution >= 4 is 27.5 Å². The molecule has 0 amide bonds. The Labute approximate surface area is 132 Å². The highest BCUT2D eigenvalue weighted by atomic mass is 79.9. The lowest BCUT2D eigenvalue weighted by atomic mass is 9.92. The van der Waals surface area contributed by atoms with Crippen molar-refractivity contribution in [2.75, 3.05) is 26.4 Å². The molecule has 0 bridgehead atoms. The van der Waals surface area contributed by atoms with Crippen molar-refractivity contribution in [3.63, 3.8) is 0 Å². The maximum atomic E-state index is 6.43. The molecule has 1 aromatic carbocycles. The summed E-state index contributed by atoms with van der Waals surface area (Å²) in [5.41, 5.74) is 1.09. The number of benzene rings is 1. The Balaban J connectivity index is 1.86. The summed E-state index contributed by atoms with van der Waals surface area (Å²) in [5.74, 6) is 2.10. The fourth-order valence-electron chi connectivity index (χ4n) is 2.67. The Hall–Kier alpha value is -0.450. The minimum Gasteiger partial charge on any atom is -0.490 e. The number of rotatable bonds is 2. The van der Waals surface area contributed by atoms with Crippen molar-refractivity contribution in [2.45, 2.75) is 24.1 Å². The third-order valence-electron chi connectivity index (χ3n) is 3.84. The number of hydrogen-bond acceptors (Lipinski definition) is 3. The molecule has 5 heteroatoms. The molecular formula is C15H18BrClO3. The Bertz CT molecular complexity index is 474. The summed E-state index contributed by atoms with van der Waals surface area (Å²) < 4.78 is 16.8. The molecule has 0 saturated carbocycles. The van der Waals surface area contributed by atoms with Gasteiger partial charge < -0.3 is 14.2 Å². The van der Waals surface area contributed by atoms with Gasteiger partial charge in [0.15, 0.2) is 11.5 Å². The highest BCUT2D eigenvalue weighted by Gasteiger charge is 2.26. The van der Waals surface area contributed by atoms with E-state index in [-0.39, 0.29) is 4.83 Å². The predicted octanol–water partition coefficient (Wildman–Crippen LogP) is 4.36. The highest BCUT2D eigenvalue weighted by Crippen LogP contribution is 2.44. The van der Waals surface area contributed by atoms with Gasteiger partial charge in [0, 0.05) is 35.6 Å². The number of alkyl halides is 1. The van der Waals surface area contributed by atoms with Crippen LogP contribution in [0.1, 0.15) is 29.7 Å². The first-order valence-electron chi connectivity index (χ1n) is 7.06. The van der Waals surface area contributed by atoms with Crippen LogP contribution in [0, 0.1) is 5.92 Å². The smallest absolute Gasteiger partial charge is 0.162 e. The Morgan fingerprint density at radius 2 is 1.70 bits per heavy atom. The third kappa shape index (κ3) is 3.07. The molecule has 2 heterocycles. The van der Waals surface area contributed by atoms with E-state index in [0.717, 1.165) is 54.6 Å². The lowest BCUT2D eigenvalue weighted by Crippen LogP contribution is -2.19. The van der Waals surface area contributed by atoms with Crippen LogP contribution in [0.4, 0.5) is 0 Å². The topological polar surface area (TPSA) is 27.7 Å². The molecule has 0 spiro atoms. The first-order valence-corrected chi connectivity index (χ1v) is 8.36. The second-order valence-corrected chi connectivity index (χ2v) is 6.62. The molecule has 0 aromatic heterocycles. The second-order valence-electron chi connectivity index (χ2n) is 5.22. The van der Waals surface area contributed by atoms with Crippen LogP contribution in [0.5, 0.6) is 11.5 Å². The third-order valence-corrected chi connectivity index (χ3v) is 5.41. The quantitative estimate of drug-likeness (QED) is 0.732. The largest absolute Gasteiger partial charge is 0.490 e. The van der Waals surface area contributed by atoms with Crippen LogP contribution < -0.4 is 9.47 Å². The van der Waals surface area contributed by atoms with E-state index in [0.29, 0.717) is 19.1 Å². The van der Waals surface area contributed by atoms with Crippen molar-refractivity contribution in [3.8, 4) is 11.5 Å². The fraction of sp³-hybridized carbons (Fsp3) is 0.600. The summed E-state index contributed by atoms with van der Waals surface area (Å²) in [6.45, 7) is 3.03. The minimum absolute atomic E-state index is 0.232. The van der Waals surface area contributed by atoms with Gasteiger partial charge in [0.2, 0.25) is 0 Å². The molecule has 110 valence electrons. The van der Waals surface area contributed by atoms with Crippen LogP contribution in [0.15, 0.2) is 12.1 Å². The summed E-state index contributed by atoms with van der Waals surface area (Å²) in [6.07, 6.45) is 3.01. The fourth-order valence-corrected chi connectivity index (χ4v) is 3.98. The van der Waals surface area contributed by atoms with Crippen molar-refractivity contribution in [2.24, 2.45) is 5.92 Å². The second kappa shape index (κ2) is 6.54. The van der Waals surface area contributed by atoms with Crippen molar-refractivity contribution in [1.82, 2.24) is 0 Å². The zero-order valence-corrected chi connectivity index (χ0v) is 13.6. The van der Waals surface area contributed by atoms with E-state index in [9.17, 15) is 0 Å². The summed E-state index contributed by atoms with van der Waals surface area (Å²) in [7, 11) is 0. The van der Waals surface area contributed by atoms with Crippen LogP contribution >= 0.6 is 27.5 Å². The zero-order valence-electron chi connectivity index (χ0n) is 11.2. The maximum Gasteiger partial charge on any atom is 0.162 e. The molecule has 20 heavy (non-hydrogen) atoms. The van der Waals surface area contributed by atoms with Gasteiger partial charge in [0.25, 0.3) is 0 Å². The summed E-state index contributed by atoms with van der Waals surface area (Å²) >= 11 is 10.2. The van der Waals surface area contributed by atoms with Crippen LogP contribution in [-0.2, 0) is 4.74 Å². The van der Waals surface area contributed by atoms with Crippen molar-refractivity contribution in [3.05, 3.63) is 22.7 Å². The highest BCUT2D eigenvalue weighted by molar-refractivity contribution is 9.09. The summed E-state index contributed by atoms with van der Waals surface area (Å²) in [5, 5.41) is 0.739. The molecular weight excluding hydrogens is 344 g/mol. The van der Waals surface area contributed by atoms with Crippen LogP contribution in [0.3, 0.4) is 0 Å². The summed E-state index contributed by atoms with van der Waals surface area (Å²) in [4.78, 5) is 0.232. The van der Waals surface area contributed by atoms with Gasteiger partial charge in [-0.25, -0.2) is 0 Å². The van der Waals surface area contributed by atoms with Gasteiger partial charge in [0.05, 0.1) is 13.2 Å². The van der Waals surface area contributed by atoms with E-state index in [1.54, 1.807) is 0 Å². The van der Waals surface area contributed by atoms with E-state index in [1.165, 1.54) is 0 Å². The molecule has 0 N–H and O–H groups in total. The average Bonchev–Trinajstić information content (AvgIpc) is 2.71. The zero-order chi connectivity index (χ0) is 13.9. The molecule has 3 nitrogen and oxygen atoms in total. The molecule has 1 fully saturated rings. The van der Waals surface area contributed by atoms with Gasteiger partial charge >= 0.3 is 0 Å². The lowest BCUT2D eigenvalue weighted by Gasteiger charge is -2.27. The number of halogens is 2. The van der Waals surface area contributed by atoms with E-state index in [1.807, 2.05) is 12.1 Å². The average molecular weight is 362 g/mol. The number of fused-ring (bicyclic) bond motifs is 1. The van der Waals surface area contributed by atoms with E-state index >= 15 is 0 Å². The first kappa shape index (κ1) is 14.5. The van der Waals surface area contributed by atoms with Crippen LogP contribution in [0.2, 0.25) is 5.02 Å². The normalized spacial score (nSPS) is 21.3. The maximum absolute atomic E-state index is 6.43. The van der Waals surface area contributed by atoms with Gasteiger partial charge in [-0.1, -0.05) is 27.5 Å². The van der Waals surface area contributed by atoms with Gasteiger partial charge in [-0.3, -0.25) is 0 Å². The van der Waals surface area contributed by atoms with Gasteiger partial charge in [-0.2, -0.15) is 0 Å². The molecule has 1 aromatic rings. The van der Waals surface area contributed by atoms with E-state index in [2.05, 4.69) is 15.9 Å². The summed E-state index contributed by atoms with van der Waals surface area (Å²) in [6, 6.07) is 3.91. The molecule has 1 unspecified atom stereocenters. The Morgan fingerprint density at radius 3 is 2.40 bits per heavy atom. The predicted molar refractivity (Wildman–Crippen MR) is 82.3 cm³/mol. The minimum atomic E-state index is 0.232. The van der Waals surface area contributed by atoms with Crippen molar-refractivity contribution in [1.29, 1.82) is 0 Å². The first-order chi connectivity index (χ1) is 9.75. The number of hydrogen-bond donors (Lipinski definition) is 0. The molecule has 1 saturated heterocycles. The Kier molecular flexibility index (Phi) is 4.74. The molecule has 3 rings (SSSR count). The molecule has 0 radical (unpaired) electrons. The van der Waals surface area contributed by atoms with Crippen LogP contribution in [0.25, 0.3) is 0 Å². The van der Waals surface area contributed by atoms with Crippen LogP contribution in [-0.4, -0.2) is 26.4 Å². The molecule has 2 aliphatic heterocycles.